The average Bonchev–Trinajstić information content (AvgIpc) is 2.64. The van der Waals surface area contributed by atoms with Gasteiger partial charge in [-0.15, -0.1) is 0 Å². The molecule has 3 heteroatoms. The molecule has 0 radical (unpaired) electrons. The summed E-state index contributed by atoms with van der Waals surface area (Å²) in [5, 5.41) is 0. The van der Waals surface area contributed by atoms with Crippen molar-refractivity contribution in [1.82, 2.24) is 0 Å². The second kappa shape index (κ2) is 7.90. The number of allylic oxidation sites excluding steroid dienone is 2. The van der Waals surface area contributed by atoms with Gasteiger partial charge in [0.05, 0.1) is 0 Å². The van der Waals surface area contributed by atoms with Gasteiger partial charge in [0.2, 0.25) is 0 Å². The number of hydrogen-bond acceptors (Lipinski definition) is 0. The second-order valence-electron chi connectivity index (χ2n) is 6.80. The second-order valence-corrected chi connectivity index (χ2v) is 6.80. The maximum atomic E-state index is 13.4. The number of rotatable bonds is 5. The van der Waals surface area contributed by atoms with Gasteiger partial charge >= 0.3 is 0 Å². The minimum atomic E-state index is -1.40. The van der Waals surface area contributed by atoms with E-state index < -0.39 is 17.5 Å². The minimum Gasteiger partial charge on any atom is -0.204 e. The van der Waals surface area contributed by atoms with Crippen molar-refractivity contribution >= 4 is 5.57 Å². The van der Waals surface area contributed by atoms with Crippen molar-refractivity contribution in [2.75, 3.05) is 0 Å². The van der Waals surface area contributed by atoms with Gasteiger partial charge in [-0.05, 0) is 72.4 Å². The molecule has 0 N–H and O–H groups in total. The van der Waals surface area contributed by atoms with Gasteiger partial charge in [-0.3, -0.25) is 0 Å². The summed E-state index contributed by atoms with van der Waals surface area (Å²) in [5.41, 5.74) is 4.03. The van der Waals surface area contributed by atoms with E-state index >= 15 is 0 Å². The van der Waals surface area contributed by atoms with Gasteiger partial charge < -0.3 is 0 Å². The average molecular weight is 344 g/mol. The van der Waals surface area contributed by atoms with Gasteiger partial charge in [-0.2, -0.15) is 0 Å². The first-order valence-corrected chi connectivity index (χ1v) is 9.01. The molecule has 2 aromatic carbocycles. The Labute approximate surface area is 147 Å². The third-order valence-corrected chi connectivity index (χ3v) is 5.04. The summed E-state index contributed by atoms with van der Waals surface area (Å²) in [5.74, 6) is -3.22. The Morgan fingerprint density at radius 2 is 1.68 bits per heavy atom. The van der Waals surface area contributed by atoms with Crippen molar-refractivity contribution in [2.45, 2.75) is 51.4 Å². The molecule has 0 saturated heterocycles. The lowest BCUT2D eigenvalue weighted by Gasteiger charge is -2.23. The highest BCUT2D eigenvalue weighted by Crippen LogP contribution is 2.36. The van der Waals surface area contributed by atoms with E-state index in [2.05, 4.69) is 31.2 Å². The molecular formula is C22H23F3. The van der Waals surface area contributed by atoms with Crippen LogP contribution in [0.4, 0.5) is 13.2 Å². The monoisotopic (exact) mass is 344 g/mol. The van der Waals surface area contributed by atoms with Crippen LogP contribution in [-0.2, 0) is 6.42 Å². The fourth-order valence-corrected chi connectivity index (χ4v) is 3.48. The Balaban J connectivity index is 1.70. The molecule has 1 aliphatic rings. The largest absolute Gasteiger partial charge is 0.204 e. The molecule has 132 valence electrons. The van der Waals surface area contributed by atoms with Crippen molar-refractivity contribution in [2.24, 2.45) is 0 Å². The summed E-state index contributed by atoms with van der Waals surface area (Å²) in [6.45, 7) is 2.19. The van der Waals surface area contributed by atoms with Gasteiger partial charge in [-0.1, -0.05) is 43.7 Å². The molecule has 3 rings (SSSR count). The lowest BCUT2D eigenvalue weighted by Crippen LogP contribution is -2.05. The Kier molecular flexibility index (Phi) is 5.62. The number of aryl methyl sites for hydroxylation is 1. The fourth-order valence-electron chi connectivity index (χ4n) is 3.48. The van der Waals surface area contributed by atoms with Crippen molar-refractivity contribution in [3.8, 4) is 0 Å². The molecule has 2 aromatic rings. The zero-order valence-electron chi connectivity index (χ0n) is 14.5. The van der Waals surface area contributed by atoms with E-state index in [4.69, 9.17) is 0 Å². The summed E-state index contributed by atoms with van der Waals surface area (Å²) in [6, 6.07) is 11.0. The lowest BCUT2D eigenvalue weighted by atomic mass is 9.82. The number of hydrogen-bond donors (Lipinski definition) is 0. The molecule has 0 bridgehead atoms. The highest BCUT2D eigenvalue weighted by Gasteiger charge is 2.19. The predicted molar refractivity (Wildman–Crippen MR) is 95.9 cm³/mol. The molecular weight excluding hydrogens is 321 g/mol. The minimum absolute atomic E-state index is 0.430. The summed E-state index contributed by atoms with van der Waals surface area (Å²) >= 11 is 0. The zero-order chi connectivity index (χ0) is 17.8. The number of unbranched alkanes of at least 4 members (excludes halogenated alkanes) is 1. The fraction of sp³-hybridized carbons (Fsp3) is 0.364. The first-order valence-electron chi connectivity index (χ1n) is 9.01. The van der Waals surface area contributed by atoms with Crippen molar-refractivity contribution in [3.05, 3.63) is 76.6 Å². The summed E-state index contributed by atoms with van der Waals surface area (Å²) < 4.78 is 39.9. The molecule has 0 aromatic heterocycles. The van der Waals surface area contributed by atoms with E-state index in [0.717, 1.165) is 43.4 Å². The normalized spacial score (nSPS) is 17.4. The molecule has 0 fully saturated rings. The summed E-state index contributed by atoms with van der Waals surface area (Å²) in [6.07, 6.45) is 8.07. The van der Waals surface area contributed by atoms with Crippen molar-refractivity contribution < 1.29 is 13.2 Å². The number of benzene rings is 2. The molecule has 0 saturated carbocycles. The van der Waals surface area contributed by atoms with Crippen LogP contribution in [0.5, 0.6) is 0 Å². The standard InChI is InChI=1S/C22H23F3/c1-2-3-4-15-5-7-16(8-6-15)17-9-11-18(12-10-17)19-13-20(23)22(25)21(24)14-19/h5-8,11,13-14,17H,2-4,9-10,12H2,1H3. The Morgan fingerprint density at radius 3 is 2.24 bits per heavy atom. The Morgan fingerprint density at radius 1 is 1.00 bits per heavy atom. The summed E-state index contributed by atoms with van der Waals surface area (Å²) in [4.78, 5) is 0. The summed E-state index contributed by atoms with van der Waals surface area (Å²) in [7, 11) is 0. The molecule has 25 heavy (non-hydrogen) atoms. The van der Waals surface area contributed by atoms with Crippen molar-refractivity contribution in [1.29, 1.82) is 0 Å². The highest BCUT2D eigenvalue weighted by molar-refractivity contribution is 5.66. The first kappa shape index (κ1) is 17.8. The van der Waals surface area contributed by atoms with Gasteiger partial charge in [0.1, 0.15) is 0 Å². The molecule has 1 unspecified atom stereocenters. The molecule has 1 atom stereocenters. The predicted octanol–water partition coefficient (Wildman–Crippen LogP) is 6.80. The van der Waals surface area contributed by atoms with E-state index in [1.165, 1.54) is 24.0 Å². The molecule has 0 nitrogen and oxygen atoms in total. The van der Waals surface area contributed by atoms with Crippen LogP contribution in [0.15, 0.2) is 42.5 Å². The third kappa shape index (κ3) is 4.15. The third-order valence-electron chi connectivity index (χ3n) is 5.04. The van der Waals surface area contributed by atoms with Crippen LogP contribution in [0.1, 0.15) is 61.6 Å². The molecule has 0 aliphatic heterocycles. The van der Waals surface area contributed by atoms with E-state index in [1.807, 2.05) is 6.08 Å². The van der Waals surface area contributed by atoms with Crippen LogP contribution in [-0.4, -0.2) is 0 Å². The van der Waals surface area contributed by atoms with E-state index in [9.17, 15) is 13.2 Å². The van der Waals surface area contributed by atoms with Gasteiger partial charge in [0.25, 0.3) is 0 Å². The van der Waals surface area contributed by atoms with Crippen LogP contribution in [0.25, 0.3) is 5.57 Å². The van der Waals surface area contributed by atoms with Gasteiger partial charge in [-0.25, -0.2) is 13.2 Å². The maximum absolute atomic E-state index is 13.4. The molecule has 0 amide bonds. The lowest BCUT2D eigenvalue weighted by molar-refractivity contribution is 0.446. The maximum Gasteiger partial charge on any atom is 0.194 e. The van der Waals surface area contributed by atoms with Crippen LogP contribution < -0.4 is 0 Å². The van der Waals surface area contributed by atoms with Crippen LogP contribution in [0.3, 0.4) is 0 Å². The highest BCUT2D eigenvalue weighted by atomic mass is 19.2. The van der Waals surface area contributed by atoms with E-state index in [1.54, 1.807) is 0 Å². The van der Waals surface area contributed by atoms with E-state index in [0.29, 0.717) is 11.5 Å². The van der Waals surface area contributed by atoms with Crippen LogP contribution in [0, 0.1) is 17.5 Å². The van der Waals surface area contributed by atoms with E-state index in [-0.39, 0.29) is 0 Å². The zero-order valence-corrected chi connectivity index (χ0v) is 14.5. The van der Waals surface area contributed by atoms with Gasteiger partial charge in [0, 0.05) is 0 Å². The Hall–Kier alpha value is -2.03. The van der Waals surface area contributed by atoms with Gasteiger partial charge in [0.15, 0.2) is 17.5 Å². The topological polar surface area (TPSA) is 0 Å². The smallest absolute Gasteiger partial charge is 0.194 e. The van der Waals surface area contributed by atoms with Crippen LogP contribution >= 0.6 is 0 Å². The number of halogens is 3. The van der Waals surface area contributed by atoms with Crippen LogP contribution in [0.2, 0.25) is 0 Å². The first-order chi connectivity index (χ1) is 12.1. The quantitative estimate of drug-likeness (QED) is 0.523. The SMILES string of the molecule is CCCCc1ccc(C2CC=C(c3cc(F)c(F)c(F)c3)CC2)cc1. The molecule has 0 spiro atoms. The Bertz CT molecular complexity index is 736. The van der Waals surface area contributed by atoms with Crippen molar-refractivity contribution in [3.63, 3.8) is 0 Å². The molecule has 0 heterocycles. The molecule has 1 aliphatic carbocycles.